The standard InChI is InChI=1S/C18H16N4O3/c1-3-25-18(24)16-17(22-11-5-4-6-15(22)19-16)21-20-14-9-7-13(8-10-14)12(2)23/h4-11H,3H2,1-2H3. The summed E-state index contributed by atoms with van der Waals surface area (Å²) in [6.07, 6.45) is 1.75. The van der Waals surface area contributed by atoms with Crippen LogP contribution in [0.2, 0.25) is 0 Å². The van der Waals surface area contributed by atoms with Crippen molar-refractivity contribution in [2.24, 2.45) is 10.2 Å². The van der Waals surface area contributed by atoms with Crippen LogP contribution < -0.4 is 0 Å². The van der Waals surface area contributed by atoms with E-state index in [0.29, 0.717) is 22.7 Å². The van der Waals surface area contributed by atoms with Crippen LogP contribution >= 0.6 is 0 Å². The van der Waals surface area contributed by atoms with E-state index in [-0.39, 0.29) is 18.1 Å². The van der Waals surface area contributed by atoms with Gasteiger partial charge in [0, 0.05) is 11.8 Å². The molecule has 3 aromatic rings. The van der Waals surface area contributed by atoms with Crippen LogP contribution in [0.5, 0.6) is 0 Å². The summed E-state index contributed by atoms with van der Waals surface area (Å²) < 4.78 is 6.70. The topological polar surface area (TPSA) is 85.4 Å². The summed E-state index contributed by atoms with van der Waals surface area (Å²) in [5, 5.41) is 8.33. The van der Waals surface area contributed by atoms with Crippen LogP contribution in [0.3, 0.4) is 0 Å². The van der Waals surface area contributed by atoms with Gasteiger partial charge in [0.1, 0.15) is 5.65 Å². The van der Waals surface area contributed by atoms with E-state index < -0.39 is 5.97 Å². The normalized spacial score (nSPS) is 11.1. The molecule has 126 valence electrons. The molecule has 0 saturated heterocycles. The van der Waals surface area contributed by atoms with E-state index in [9.17, 15) is 9.59 Å². The molecule has 0 fully saturated rings. The van der Waals surface area contributed by atoms with E-state index in [1.165, 1.54) is 6.92 Å². The molecule has 7 heteroatoms. The summed E-state index contributed by atoms with van der Waals surface area (Å²) in [4.78, 5) is 27.7. The fourth-order valence-corrected chi connectivity index (χ4v) is 2.28. The predicted molar refractivity (Wildman–Crippen MR) is 91.8 cm³/mol. The van der Waals surface area contributed by atoms with Crippen molar-refractivity contribution in [2.45, 2.75) is 13.8 Å². The second-order valence-corrected chi connectivity index (χ2v) is 5.24. The third kappa shape index (κ3) is 3.45. The van der Waals surface area contributed by atoms with Crippen molar-refractivity contribution in [3.8, 4) is 0 Å². The van der Waals surface area contributed by atoms with Crippen molar-refractivity contribution < 1.29 is 14.3 Å². The third-order valence-corrected chi connectivity index (χ3v) is 3.51. The molecule has 0 spiro atoms. The van der Waals surface area contributed by atoms with Crippen molar-refractivity contribution in [2.75, 3.05) is 6.61 Å². The summed E-state index contributed by atoms with van der Waals surface area (Å²) >= 11 is 0. The number of hydrogen-bond acceptors (Lipinski definition) is 6. The Morgan fingerprint density at radius 1 is 1.12 bits per heavy atom. The monoisotopic (exact) mass is 336 g/mol. The number of pyridine rings is 1. The van der Waals surface area contributed by atoms with E-state index >= 15 is 0 Å². The lowest BCUT2D eigenvalue weighted by atomic mass is 10.1. The molecule has 0 aliphatic heterocycles. The van der Waals surface area contributed by atoms with E-state index in [1.807, 2.05) is 12.1 Å². The molecular weight excluding hydrogens is 320 g/mol. The van der Waals surface area contributed by atoms with Crippen LogP contribution in [0.1, 0.15) is 34.7 Å². The number of carbonyl (C=O) groups excluding carboxylic acids is 2. The van der Waals surface area contributed by atoms with E-state index in [4.69, 9.17) is 4.74 Å². The van der Waals surface area contributed by atoms with Gasteiger partial charge < -0.3 is 4.74 Å². The summed E-state index contributed by atoms with van der Waals surface area (Å²) in [7, 11) is 0. The molecule has 0 radical (unpaired) electrons. The molecule has 0 amide bonds. The second kappa shape index (κ2) is 7.04. The Balaban J connectivity index is 2.00. The maximum Gasteiger partial charge on any atom is 0.360 e. The number of carbonyl (C=O) groups is 2. The summed E-state index contributed by atoms with van der Waals surface area (Å²) in [5.41, 5.74) is 1.84. The van der Waals surface area contributed by atoms with E-state index in [0.717, 1.165) is 0 Å². The highest BCUT2D eigenvalue weighted by molar-refractivity contribution is 5.94. The van der Waals surface area contributed by atoms with Crippen molar-refractivity contribution in [3.05, 3.63) is 59.9 Å². The number of Topliss-reactive ketones (excluding diaryl/α,β-unsaturated/α-hetero) is 1. The van der Waals surface area contributed by atoms with Crippen molar-refractivity contribution in [3.63, 3.8) is 0 Å². The van der Waals surface area contributed by atoms with Gasteiger partial charge in [0.2, 0.25) is 0 Å². The average molecular weight is 336 g/mol. The molecule has 7 nitrogen and oxygen atoms in total. The number of imidazole rings is 1. The smallest absolute Gasteiger partial charge is 0.360 e. The predicted octanol–water partition coefficient (Wildman–Crippen LogP) is 4.13. The molecule has 1 aromatic carbocycles. The van der Waals surface area contributed by atoms with Crippen LogP contribution in [0.4, 0.5) is 11.5 Å². The lowest BCUT2D eigenvalue weighted by Gasteiger charge is -2.00. The van der Waals surface area contributed by atoms with Gasteiger partial charge in [-0.1, -0.05) is 6.07 Å². The zero-order chi connectivity index (χ0) is 17.8. The van der Waals surface area contributed by atoms with Crippen LogP contribution in [0.25, 0.3) is 5.65 Å². The Hall–Kier alpha value is -3.35. The fraction of sp³-hybridized carbons (Fsp3) is 0.167. The fourth-order valence-electron chi connectivity index (χ4n) is 2.28. The number of hydrogen-bond donors (Lipinski definition) is 0. The Kier molecular flexibility index (Phi) is 4.65. The van der Waals surface area contributed by atoms with Crippen LogP contribution in [-0.2, 0) is 4.74 Å². The molecule has 2 heterocycles. The first-order valence-corrected chi connectivity index (χ1v) is 7.77. The SMILES string of the molecule is CCOC(=O)c1nc2ccccn2c1N=Nc1ccc(C(C)=O)cc1. The van der Waals surface area contributed by atoms with Crippen LogP contribution in [-0.4, -0.2) is 27.7 Å². The first-order valence-electron chi connectivity index (χ1n) is 7.77. The Morgan fingerprint density at radius 2 is 1.88 bits per heavy atom. The van der Waals surface area contributed by atoms with Crippen molar-refractivity contribution in [1.29, 1.82) is 0 Å². The molecule has 0 unspecified atom stereocenters. The highest BCUT2D eigenvalue weighted by Crippen LogP contribution is 2.25. The van der Waals surface area contributed by atoms with Gasteiger partial charge in [-0.3, -0.25) is 9.20 Å². The van der Waals surface area contributed by atoms with Crippen molar-refractivity contribution >= 4 is 28.9 Å². The van der Waals surface area contributed by atoms with Crippen LogP contribution in [0.15, 0.2) is 58.9 Å². The van der Waals surface area contributed by atoms with Gasteiger partial charge in [0.25, 0.3) is 0 Å². The quantitative estimate of drug-likeness (QED) is 0.398. The van der Waals surface area contributed by atoms with Crippen molar-refractivity contribution in [1.82, 2.24) is 9.38 Å². The molecule has 0 bridgehead atoms. The number of fused-ring (bicyclic) bond motifs is 1. The second-order valence-electron chi connectivity index (χ2n) is 5.24. The van der Waals surface area contributed by atoms with Crippen LogP contribution in [0, 0.1) is 0 Å². The van der Waals surface area contributed by atoms with E-state index in [1.54, 1.807) is 47.9 Å². The van der Waals surface area contributed by atoms with Gasteiger partial charge in [0.05, 0.1) is 12.3 Å². The molecule has 0 aliphatic carbocycles. The van der Waals surface area contributed by atoms with Gasteiger partial charge in [-0.05, 0) is 50.2 Å². The third-order valence-electron chi connectivity index (χ3n) is 3.51. The van der Waals surface area contributed by atoms with Gasteiger partial charge in [-0.15, -0.1) is 10.2 Å². The zero-order valence-electron chi connectivity index (χ0n) is 13.8. The van der Waals surface area contributed by atoms with Gasteiger partial charge in [-0.25, -0.2) is 9.78 Å². The highest BCUT2D eigenvalue weighted by atomic mass is 16.5. The molecular formula is C18H16N4O3. The minimum Gasteiger partial charge on any atom is -0.461 e. The summed E-state index contributed by atoms with van der Waals surface area (Å²) in [6, 6.07) is 12.1. The number of ketones is 1. The number of azo groups is 1. The summed E-state index contributed by atoms with van der Waals surface area (Å²) in [6.45, 7) is 3.47. The summed E-state index contributed by atoms with van der Waals surface area (Å²) in [5.74, 6) is -0.272. The number of ether oxygens (including phenoxy) is 1. The zero-order valence-corrected chi connectivity index (χ0v) is 13.8. The highest BCUT2D eigenvalue weighted by Gasteiger charge is 2.20. The Bertz CT molecular complexity index is 958. The minimum absolute atomic E-state index is 0.0186. The molecule has 2 aromatic heterocycles. The first-order chi connectivity index (χ1) is 12.1. The average Bonchev–Trinajstić information content (AvgIpc) is 2.99. The molecule has 3 rings (SSSR count). The maximum atomic E-state index is 12.1. The number of aromatic nitrogens is 2. The molecule has 25 heavy (non-hydrogen) atoms. The van der Waals surface area contributed by atoms with E-state index in [2.05, 4.69) is 15.2 Å². The molecule has 0 N–H and O–H groups in total. The maximum absolute atomic E-state index is 12.1. The molecule has 0 aliphatic rings. The molecule has 0 atom stereocenters. The number of esters is 1. The number of nitrogens with zero attached hydrogens (tertiary/aromatic N) is 4. The lowest BCUT2D eigenvalue weighted by molar-refractivity contribution is 0.0521. The number of benzene rings is 1. The first kappa shape index (κ1) is 16.5. The van der Waals surface area contributed by atoms with Gasteiger partial charge >= 0.3 is 5.97 Å². The molecule has 0 saturated carbocycles. The lowest BCUT2D eigenvalue weighted by Crippen LogP contribution is -2.05. The van der Waals surface area contributed by atoms with Gasteiger partial charge in [0.15, 0.2) is 17.3 Å². The van der Waals surface area contributed by atoms with Gasteiger partial charge in [-0.2, -0.15) is 0 Å². The number of rotatable bonds is 5. The Morgan fingerprint density at radius 3 is 2.56 bits per heavy atom. The minimum atomic E-state index is -0.549. The Labute approximate surface area is 144 Å². The largest absolute Gasteiger partial charge is 0.461 e.